The summed E-state index contributed by atoms with van der Waals surface area (Å²) in [4.78, 5) is 17.6. The SMILES string of the molecule is Cc1nn(-c2ccccc2)c(C)c1/C=N\NC(=O)CSc1cccc2cccnc12. The molecule has 0 radical (unpaired) electrons. The molecule has 0 spiro atoms. The third-order valence-corrected chi connectivity index (χ3v) is 5.73. The number of hydrazone groups is 1. The lowest BCUT2D eigenvalue weighted by atomic mass is 10.2. The molecule has 6 nitrogen and oxygen atoms in total. The number of nitrogens with zero attached hydrogens (tertiary/aromatic N) is 4. The Balaban J connectivity index is 1.40. The van der Waals surface area contributed by atoms with Crippen molar-refractivity contribution in [1.82, 2.24) is 20.2 Å². The number of amides is 1. The average molecular weight is 416 g/mol. The topological polar surface area (TPSA) is 72.2 Å². The zero-order valence-electron chi connectivity index (χ0n) is 16.7. The standard InChI is InChI=1S/C23H21N5OS/c1-16-20(17(2)28(27-16)19-10-4-3-5-11-19)14-25-26-22(29)15-30-21-12-6-8-18-9-7-13-24-23(18)21/h3-14H,15H2,1-2H3,(H,26,29)/b25-14-. The Morgan fingerprint density at radius 2 is 1.90 bits per heavy atom. The first kappa shape index (κ1) is 19.8. The van der Waals surface area contributed by atoms with Gasteiger partial charge < -0.3 is 0 Å². The molecule has 2 heterocycles. The van der Waals surface area contributed by atoms with E-state index in [9.17, 15) is 4.79 Å². The van der Waals surface area contributed by atoms with Crippen molar-refractivity contribution in [3.8, 4) is 5.69 Å². The third-order valence-electron chi connectivity index (χ3n) is 4.69. The van der Waals surface area contributed by atoms with Crippen LogP contribution in [0, 0.1) is 13.8 Å². The number of aromatic nitrogens is 3. The molecule has 0 fully saturated rings. The number of benzene rings is 2. The van der Waals surface area contributed by atoms with Crippen LogP contribution in [0.15, 0.2) is 76.9 Å². The molecule has 0 aliphatic carbocycles. The molecule has 2 aromatic heterocycles. The maximum Gasteiger partial charge on any atom is 0.250 e. The first-order chi connectivity index (χ1) is 14.6. The highest BCUT2D eigenvalue weighted by molar-refractivity contribution is 8.00. The maximum atomic E-state index is 12.3. The number of carbonyl (C=O) groups excluding carboxylic acids is 1. The van der Waals surface area contributed by atoms with Gasteiger partial charge in [-0.3, -0.25) is 9.78 Å². The number of hydrogen-bond donors (Lipinski definition) is 1. The molecule has 0 aliphatic rings. The van der Waals surface area contributed by atoms with Gasteiger partial charge in [-0.1, -0.05) is 36.4 Å². The molecule has 0 atom stereocenters. The molecule has 4 aromatic rings. The normalized spacial score (nSPS) is 11.3. The highest BCUT2D eigenvalue weighted by Crippen LogP contribution is 2.25. The third kappa shape index (κ3) is 4.26. The number of nitrogens with one attached hydrogen (secondary N) is 1. The van der Waals surface area contributed by atoms with Crippen molar-refractivity contribution >= 4 is 34.8 Å². The smallest absolute Gasteiger partial charge is 0.250 e. The molecule has 7 heteroatoms. The van der Waals surface area contributed by atoms with E-state index in [1.54, 1.807) is 12.4 Å². The van der Waals surface area contributed by atoms with Crippen LogP contribution in [0.5, 0.6) is 0 Å². The van der Waals surface area contributed by atoms with Crippen LogP contribution in [0.3, 0.4) is 0 Å². The lowest BCUT2D eigenvalue weighted by Gasteiger charge is -2.05. The Labute approximate surface area is 179 Å². The summed E-state index contributed by atoms with van der Waals surface area (Å²) in [5.41, 5.74) is 7.21. The Morgan fingerprint density at radius 1 is 1.10 bits per heavy atom. The summed E-state index contributed by atoms with van der Waals surface area (Å²) in [6, 6.07) is 19.8. The zero-order valence-corrected chi connectivity index (χ0v) is 17.6. The molecular weight excluding hydrogens is 394 g/mol. The van der Waals surface area contributed by atoms with Gasteiger partial charge in [0.25, 0.3) is 0 Å². The van der Waals surface area contributed by atoms with Crippen molar-refractivity contribution in [2.75, 3.05) is 5.75 Å². The number of para-hydroxylation sites is 2. The van der Waals surface area contributed by atoms with Crippen LogP contribution in [0.25, 0.3) is 16.6 Å². The second-order valence-corrected chi connectivity index (χ2v) is 7.76. The fraction of sp³-hybridized carbons (Fsp3) is 0.130. The van der Waals surface area contributed by atoms with E-state index >= 15 is 0 Å². The lowest BCUT2D eigenvalue weighted by molar-refractivity contribution is -0.118. The molecule has 150 valence electrons. The minimum Gasteiger partial charge on any atom is -0.272 e. The molecule has 1 N–H and O–H groups in total. The number of aryl methyl sites for hydroxylation is 1. The van der Waals surface area contributed by atoms with Gasteiger partial charge in [-0.25, -0.2) is 10.1 Å². The quantitative estimate of drug-likeness (QED) is 0.290. The molecular formula is C23H21N5OS. The van der Waals surface area contributed by atoms with Crippen LogP contribution in [-0.2, 0) is 4.79 Å². The molecule has 4 rings (SSSR count). The fourth-order valence-corrected chi connectivity index (χ4v) is 4.03. The molecule has 2 aromatic carbocycles. The van der Waals surface area contributed by atoms with Gasteiger partial charge >= 0.3 is 0 Å². The summed E-state index contributed by atoms with van der Waals surface area (Å²) in [5, 5.41) is 9.78. The van der Waals surface area contributed by atoms with E-state index < -0.39 is 0 Å². The van der Waals surface area contributed by atoms with E-state index in [-0.39, 0.29) is 11.7 Å². The number of rotatable bonds is 6. The van der Waals surface area contributed by atoms with Crippen LogP contribution >= 0.6 is 11.8 Å². The molecule has 1 amide bonds. The Kier molecular flexibility index (Phi) is 5.90. The summed E-state index contributed by atoms with van der Waals surface area (Å²) < 4.78 is 1.88. The van der Waals surface area contributed by atoms with Gasteiger partial charge in [0.1, 0.15) is 0 Å². The predicted molar refractivity (Wildman–Crippen MR) is 121 cm³/mol. The highest BCUT2D eigenvalue weighted by Gasteiger charge is 2.11. The molecule has 0 bridgehead atoms. The van der Waals surface area contributed by atoms with Crippen molar-refractivity contribution in [2.45, 2.75) is 18.7 Å². The predicted octanol–water partition coefficient (Wildman–Crippen LogP) is 4.28. The second kappa shape index (κ2) is 8.92. The van der Waals surface area contributed by atoms with E-state index in [1.165, 1.54) is 11.8 Å². The van der Waals surface area contributed by atoms with E-state index in [1.807, 2.05) is 79.2 Å². The van der Waals surface area contributed by atoms with E-state index in [0.717, 1.165) is 38.4 Å². The molecule has 0 aliphatic heterocycles. The largest absolute Gasteiger partial charge is 0.272 e. The first-order valence-corrected chi connectivity index (χ1v) is 10.5. The molecule has 0 unspecified atom stereocenters. The van der Waals surface area contributed by atoms with E-state index in [0.29, 0.717) is 0 Å². The summed E-state index contributed by atoms with van der Waals surface area (Å²) in [6.45, 7) is 3.92. The molecule has 0 saturated carbocycles. The number of hydrogen-bond acceptors (Lipinski definition) is 5. The zero-order chi connectivity index (χ0) is 20.9. The molecule has 30 heavy (non-hydrogen) atoms. The Morgan fingerprint density at radius 3 is 2.73 bits per heavy atom. The minimum atomic E-state index is -0.171. The van der Waals surface area contributed by atoms with Gasteiger partial charge in [-0.05, 0) is 38.1 Å². The van der Waals surface area contributed by atoms with Gasteiger partial charge in [0, 0.05) is 22.0 Å². The van der Waals surface area contributed by atoms with Crippen molar-refractivity contribution in [2.24, 2.45) is 5.10 Å². The molecule has 0 saturated heterocycles. The highest BCUT2D eigenvalue weighted by atomic mass is 32.2. The van der Waals surface area contributed by atoms with Gasteiger partial charge in [0.05, 0.1) is 34.6 Å². The Hall–Kier alpha value is -3.45. The van der Waals surface area contributed by atoms with Crippen LogP contribution in [0.4, 0.5) is 0 Å². The monoisotopic (exact) mass is 415 g/mol. The number of fused-ring (bicyclic) bond motifs is 1. The van der Waals surface area contributed by atoms with Gasteiger partial charge in [-0.2, -0.15) is 10.2 Å². The maximum absolute atomic E-state index is 12.3. The van der Waals surface area contributed by atoms with Crippen LogP contribution in [0.2, 0.25) is 0 Å². The average Bonchev–Trinajstić information content (AvgIpc) is 3.06. The fourth-order valence-electron chi connectivity index (χ4n) is 3.20. The number of thioether (sulfide) groups is 1. The summed E-state index contributed by atoms with van der Waals surface area (Å²) >= 11 is 1.45. The first-order valence-electron chi connectivity index (χ1n) is 9.53. The van der Waals surface area contributed by atoms with Gasteiger partial charge in [-0.15, -0.1) is 11.8 Å². The Bertz CT molecular complexity index is 1210. The summed E-state index contributed by atoms with van der Waals surface area (Å²) in [6.07, 6.45) is 3.41. The van der Waals surface area contributed by atoms with Gasteiger partial charge in [0.2, 0.25) is 5.91 Å². The van der Waals surface area contributed by atoms with Crippen LogP contribution < -0.4 is 5.43 Å². The summed E-state index contributed by atoms with van der Waals surface area (Å²) in [7, 11) is 0. The van der Waals surface area contributed by atoms with Crippen LogP contribution in [0.1, 0.15) is 17.0 Å². The second-order valence-electron chi connectivity index (χ2n) is 6.74. The number of carbonyl (C=O) groups is 1. The van der Waals surface area contributed by atoms with E-state index in [4.69, 9.17) is 0 Å². The lowest BCUT2D eigenvalue weighted by Crippen LogP contribution is -2.19. The number of pyridine rings is 1. The van der Waals surface area contributed by atoms with Gasteiger partial charge in [0.15, 0.2) is 0 Å². The minimum absolute atomic E-state index is 0.171. The summed E-state index contributed by atoms with van der Waals surface area (Å²) in [5.74, 6) is 0.0869. The van der Waals surface area contributed by atoms with E-state index in [2.05, 4.69) is 20.6 Å². The van der Waals surface area contributed by atoms with Crippen molar-refractivity contribution < 1.29 is 4.79 Å². The van der Waals surface area contributed by atoms with Crippen molar-refractivity contribution in [1.29, 1.82) is 0 Å². The van der Waals surface area contributed by atoms with Crippen molar-refractivity contribution in [3.63, 3.8) is 0 Å². The van der Waals surface area contributed by atoms with Crippen LogP contribution in [-0.4, -0.2) is 32.6 Å². The van der Waals surface area contributed by atoms with Crippen molar-refractivity contribution in [3.05, 3.63) is 83.8 Å².